The zero-order valence-electron chi connectivity index (χ0n) is 20.0. The maximum atomic E-state index is 14.2. The van der Waals surface area contributed by atoms with Crippen LogP contribution in [-0.4, -0.2) is 29.9 Å². The molecule has 0 fully saturated rings. The quantitative estimate of drug-likeness (QED) is 0.225. The van der Waals surface area contributed by atoms with E-state index in [0.29, 0.717) is 48.9 Å². The molecule has 3 N–H and O–H groups in total. The number of hydrogen-bond acceptors (Lipinski definition) is 7. The smallest absolute Gasteiger partial charge is 0.320 e. The minimum absolute atomic E-state index is 0.220. The zero-order valence-corrected chi connectivity index (χ0v) is 20.0. The molecule has 0 aliphatic rings. The van der Waals surface area contributed by atoms with E-state index in [1.807, 2.05) is 37.3 Å². The second kappa shape index (κ2) is 12.5. The Kier molecular flexibility index (Phi) is 9.20. The molecule has 0 spiro atoms. The lowest BCUT2D eigenvalue weighted by Gasteiger charge is -2.16. The Balaban J connectivity index is 1.82. The SMILES string of the molecule is CCCCOc1nc(NCc2ccc(OC)cc2)c(C=N)c(NCc2ccc(CC)c(F)c2)n1. The van der Waals surface area contributed by atoms with E-state index in [-0.39, 0.29) is 11.8 Å². The third-order valence-corrected chi connectivity index (χ3v) is 5.38. The summed E-state index contributed by atoms with van der Waals surface area (Å²) < 4.78 is 25.2. The summed E-state index contributed by atoms with van der Waals surface area (Å²) in [4.78, 5) is 8.98. The molecule has 0 amide bonds. The van der Waals surface area contributed by atoms with Gasteiger partial charge in [-0.25, -0.2) is 4.39 Å². The van der Waals surface area contributed by atoms with E-state index in [1.54, 1.807) is 13.2 Å². The highest BCUT2D eigenvalue weighted by Gasteiger charge is 2.14. The van der Waals surface area contributed by atoms with Crippen molar-refractivity contribution in [2.45, 2.75) is 46.2 Å². The van der Waals surface area contributed by atoms with E-state index in [0.717, 1.165) is 29.7 Å². The minimum atomic E-state index is -0.220. The number of ether oxygens (including phenoxy) is 2. The molecule has 3 aromatic rings. The Hall–Kier alpha value is -3.68. The summed E-state index contributed by atoms with van der Waals surface area (Å²) in [5.74, 6) is 1.51. The minimum Gasteiger partial charge on any atom is -0.497 e. The van der Waals surface area contributed by atoms with Crippen molar-refractivity contribution in [1.82, 2.24) is 9.97 Å². The standard InChI is InChI=1S/C26H32FN5O2/c1-4-6-13-34-26-31-24(29-16-18-8-11-21(33-3)12-9-18)22(15-28)25(32-26)30-17-19-7-10-20(5-2)23(27)14-19/h7-12,14-15,28H,4-6,13,16-17H2,1-3H3,(H2,29,30,31,32). The normalized spacial score (nSPS) is 10.6. The van der Waals surface area contributed by atoms with Gasteiger partial charge in [-0.1, -0.05) is 44.5 Å². The van der Waals surface area contributed by atoms with Gasteiger partial charge >= 0.3 is 6.01 Å². The van der Waals surface area contributed by atoms with E-state index >= 15 is 0 Å². The fraction of sp³-hybridized carbons (Fsp3) is 0.346. The van der Waals surface area contributed by atoms with Crippen LogP contribution in [-0.2, 0) is 19.5 Å². The van der Waals surface area contributed by atoms with Crippen LogP contribution in [0.2, 0.25) is 0 Å². The Morgan fingerprint density at radius 1 is 0.971 bits per heavy atom. The summed E-state index contributed by atoms with van der Waals surface area (Å²) in [5.41, 5.74) is 3.00. The number of rotatable bonds is 13. The molecule has 34 heavy (non-hydrogen) atoms. The summed E-state index contributed by atoms with van der Waals surface area (Å²) in [5, 5.41) is 14.5. The van der Waals surface area contributed by atoms with E-state index in [4.69, 9.17) is 14.9 Å². The number of nitrogens with one attached hydrogen (secondary N) is 3. The number of hydrogen-bond donors (Lipinski definition) is 3. The summed E-state index contributed by atoms with van der Waals surface area (Å²) in [6, 6.07) is 13.2. The largest absolute Gasteiger partial charge is 0.497 e. The van der Waals surface area contributed by atoms with Gasteiger partial charge in [-0.2, -0.15) is 9.97 Å². The van der Waals surface area contributed by atoms with Gasteiger partial charge in [-0.3, -0.25) is 0 Å². The molecular weight excluding hydrogens is 433 g/mol. The van der Waals surface area contributed by atoms with Crippen molar-refractivity contribution in [3.05, 3.63) is 70.5 Å². The van der Waals surface area contributed by atoms with Crippen LogP contribution in [0.25, 0.3) is 0 Å². The third kappa shape index (κ3) is 6.66. The van der Waals surface area contributed by atoms with E-state index in [9.17, 15) is 4.39 Å². The van der Waals surface area contributed by atoms with Crippen molar-refractivity contribution < 1.29 is 13.9 Å². The molecule has 0 saturated carbocycles. The van der Waals surface area contributed by atoms with Gasteiger partial charge in [0.05, 0.1) is 19.3 Å². The van der Waals surface area contributed by atoms with Gasteiger partial charge in [0.25, 0.3) is 0 Å². The van der Waals surface area contributed by atoms with Crippen LogP contribution >= 0.6 is 0 Å². The number of benzene rings is 2. The van der Waals surface area contributed by atoms with E-state index < -0.39 is 0 Å². The highest BCUT2D eigenvalue weighted by Crippen LogP contribution is 2.24. The van der Waals surface area contributed by atoms with Crippen molar-refractivity contribution >= 4 is 17.9 Å². The summed E-state index contributed by atoms with van der Waals surface area (Å²) in [6.07, 6.45) is 3.72. The second-order valence-electron chi connectivity index (χ2n) is 7.80. The van der Waals surface area contributed by atoms with Crippen molar-refractivity contribution in [2.75, 3.05) is 24.4 Å². The lowest BCUT2D eigenvalue weighted by Crippen LogP contribution is -2.13. The summed E-state index contributed by atoms with van der Waals surface area (Å²) in [6.45, 7) is 5.36. The number of unbranched alkanes of at least 4 members (excludes halogenated alkanes) is 1. The molecule has 0 radical (unpaired) electrons. The van der Waals surface area contributed by atoms with Crippen molar-refractivity contribution in [3.8, 4) is 11.8 Å². The lowest BCUT2D eigenvalue weighted by atomic mass is 10.1. The first kappa shape index (κ1) is 25.0. The molecule has 1 heterocycles. The van der Waals surface area contributed by atoms with Gasteiger partial charge in [0.1, 0.15) is 23.2 Å². The summed E-state index contributed by atoms with van der Waals surface area (Å²) in [7, 11) is 1.63. The van der Waals surface area contributed by atoms with Gasteiger partial charge in [-0.15, -0.1) is 0 Å². The number of aromatic nitrogens is 2. The van der Waals surface area contributed by atoms with Crippen LogP contribution in [0.1, 0.15) is 48.9 Å². The first-order valence-electron chi connectivity index (χ1n) is 11.5. The van der Waals surface area contributed by atoms with Gasteiger partial charge in [0, 0.05) is 19.3 Å². The molecule has 0 bridgehead atoms. The Bertz CT molecular complexity index is 1090. The first-order chi connectivity index (χ1) is 16.6. The van der Waals surface area contributed by atoms with Crippen LogP contribution in [0.15, 0.2) is 42.5 Å². The topological polar surface area (TPSA) is 92.1 Å². The van der Waals surface area contributed by atoms with Gasteiger partial charge in [0.2, 0.25) is 0 Å². The fourth-order valence-corrected chi connectivity index (χ4v) is 3.33. The molecule has 180 valence electrons. The number of nitrogens with zero attached hydrogens (tertiary/aromatic N) is 2. The molecule has 0 unspecified atom stereocenters. The lowest BCUT2D eigenvalue weighted by molar-refractivity contribution is 0.286. The zero-order chi connectivity index (χ0) is 24.3. The maximum Gasteiger partial charge on any atom is 0.320 e. The number of halogens is 1. The Morgan fingerprint density at radius 2 is 1.62 bits per heavy atom. The first-order valence-corrected chi connectivity index (χ1v) is 11.5. The van der Waals surface area contributed by atoms with Crippen LogP contribution in [0.4, 0.5) is 16.0 Å². The van der Waals surface area contributed by atoms with Crippen LogP contribution < -0.4 is 20.1 Å². The molecular formula is C26H32FN5O2. The molecule has 1 aromatic heterocycles. The molecule has 7 nitrogen and oxygen atoms in total. The van der Waals surface area contributed by atoms with E-state index in [1.165, 1.54) is 12.3 Å². The van der Waals surface area contributed by atoms with Crippen molar-refractivity contribution in [2.24, 2.45) is 0 Å². The Labute approximate surface area is 200 Å². The molecule has 3 rings (SSSR count). The van der Waals surface area contributed by atoms with E-state index in [2.05, 4.69) is 27.5 Å². The van der Waals surface area contributed by atoms with Crippen molar-refractivity contribution in [3.63, 3.8) is 0 Å². The Morgan fingerprint density at radius 3 is 2.18 bits per heavy atom. The van der Waals surface area contributed by atoms with Crippen LogP contribution in [0.3, 0.4) is 0 Å². The highest BCUT2D eigenvalue weighted by atomic mass is 19.1. The molecule has 0 aliphatic heterocycles. The van der Waals surface area contributed by atoms with Crippen molar-refractivity contribution in [1.29, 1.82) is 5.41 Å². The van der Waals surface area contributed by atoms with Gasteiger partial charge in [-0.05, 0) is 47.7 Å². The molecule has 0 atom stereocenters. The van der Waals surface area contributed by atoms with Crippen LogP contribution in [0.5, 0.6) is 11.8 Å². The molecule has 0 saturated heterocycles. The molecule has 2 aromatic carbocycles. The number of aryl methyl sites for hydroxylation is 1. The summed E-state index contributed by atoms with van der Waals surface area (Å²) >= 11 is 0. The monoisotopic (exact) mass is 465 g/mol. The predicted octanol–water partition coefficient (Wildman–Crippen LogP) is 5.59. The maximum absolute atomic E-state index is 14.2. The van der Waals surface area contributed by atoms with Crippen LogP contribution in [0, 0.1) is 11.2 Å². The third-order valence-electron chi connectivity index (χ3n) is 5.38. The number of anilines is 2. The molecule has 0 aliphatic carbocycles. The van der Waals surface area contributed by atoms with Gasteiger partial charge < -0.3 is 25.5 Å². The van der Waals surface area contributed by atoms with Gasteiger partial charge in [0.15, 0.2) is 0 Å². The average Bonchev–Trinajstić information content (AvgIpc) is 2.86. The second-order valence-corrected chi connectivity index (χ2v) is 7.80. The molecule has 8 heteroatoms. The predicted molar refractivity (Wildman–Crippen MR) is 134 cm³/mol. The fourth-order valence-electron chi connectivity index (χ4n) is 3.33. The highest BCUT2D eigenvalue weighted by molar-refractivity contribution is 5.90. The average molecular weight is 466 g/mol. The number of methoxy groups -OCH3 is 1.